The number of carbonyl (C=O) groups excluding carboxylic acids is 1. The molecule has 1 aliphatic heterocycles. The number of anilines is 1. The van der Waals surface area contributed by atoms with Gasteiger partial charge in [0, 0.05) is 30.7 Å². The van der Waals surface area contributed by atoms with Crippen molar-refractivity contribution in [1.82, 2.24) is 10.3 Å². The molecule has 1 fully saturated rings. The average molecular weight is 361 g/mol. The summed E-state index contributed by atoms with van der Waals surface area (Å²) in [4.78, 5) is 19.4. The molecule has 132 valence electrons. The summed E-state index contributed by atoms with van der Waals surface area (Å²) in [7, 11) is 0. The Kier molecular flexibility index (Phi) is 6.25. The smallest absolute Gasteiger partial charge is 0.230 e. The van der Waals surface area contributed by atoms with Crippen molar-refractivity contribution in [3.63, 3.8) is 0 Å². The van der Waals surface area contributed by atoms with E-state index in [1.165, 1.54) is 23.9 Å². The minimum Gasteiger partial charge on any atom is -0.378 e. The van der Waals surface area contributed by atoms with Crippen LogP contribution in [0.25, 0.3) is 0 Å². The van der Waals surface area contributed by atoms with Crippen LogP contribution in [0.15, 0.2) is 47.5 Å². The first-order valence-corrected chi connectivity index (χ1v) is 9.12. The van der Waals surface area contributed by atoms with E-state index in [-0.39, 0.29) is 11.7 Å². The average Bonchev–Trinajstić information content (AvgIpc) is 2.67. The molecule has 1 aliphatic rings. The van der Waals surface area contributed by atoms with Crippen molar-refractivity contribution in [3.8, 4) is 0 Å². The molecule has 0 radical (unpaired) electrons. The van der Waals surface area contributed by atoms with E-state index >= 15 is 0 Å². The number of carbonyl (C=O) groups is 1. The van der Waals surface area contributed by atoms with E-state index in [1.54, 1.807) is 18.3 Å². The summed E-state index contributed by atoms with van der Waals surface area (Å²) in [6.07, 6.45) is 1.79. The number of hydrogen-bond donors (Lipinski definition) is 1. The van der Waals surface area contributed by atoms with Gasteiger partial charge in [0.15, 0.2) is 0 Å². The molecular weight excluding hydrogens is 341 g/mol. The molecule has 1 amide bonds. The van der Waals surface area contributed by atoms with Crippen LogP contribution in [0.2, 0.25) is 0 Å². The molecule has 1 N–H and O–H groups in total. The third kappa shape index (κ3) is 5.44. The van der Waals surface area contributed by atoms with Gasteiger partial charge >= 0.3 is 0 Å². The van der Waals surface area contributed by atoms with Gasteiger partial charge in [-0.05, 0) is 35.9 Å². The topological polar surface area (TPSA) is 54.5 Å². The Morgan fingerprint density at radius 3 is 2.64 bits per heavy atom. The fourth-order valence-electron chi connectivity index (χ4n) is 2.43. The Morgan fingerprint density at radius 2 is 1.96 bits per heavy atom. The molecule has 25 heavy (non-hydrogen) atoms. The van der Waals surface area contributed by atoms with Crippen molar-refractivity contribution < 1.29 is 13.9 Å². The summed E-state index contributed by atoms with van der Waals surface area (Å²) in [5.41, 5.74) is 0.956. The molecule has 0 unspecified atom stereocenters. The fraction of sp³-hybridized carbons (Fsp3) is 0.333. The van der Waals surface area contributed by atoms with E-state index in [4.69, 9.17) is 4.74 Å². The van der Waals surface area contributed by atoms with Crippen molar-refractivity contribution in [2.45, 2.75) is 11.4 Å². The maximum absolute atomic E-state index is 12.8. The lowest BCUT2D eigenvalue weighted by Gasteiger charge is -2.27. The minimum absolute atomic E-state index is 0.0634. The summed E-state index contributed by atoms with van der Waals surface area (Å²) < 4.78 is 18.2. The fourth-order valence-corrected chi connectivity index (χ4v) is 3.16. The Balaban J connectivity index is 1.43. The van der Waals surface area contributed by atoms with Gasteiger partial charge in [-0.25, -0.2) is 9.37 Å². The summed E-state index contributed by atoms with van der Waals surface area (Å²) in [6.45, 7) is 3.60. The molecular formula is C18H20FN3O2S. The first kappa shape index (κ1) is 17.7. The van der Waals surface area contributed by atoms with Gasteiger partial charge in [-0.2, -0.15) is 0 Å². The largest absolute Gasteiger partial charge is 0.378 e. The number of nitrogens with zero attached hydrogens (tertiary/aromatic N) is 2. The number of nitrogens with one attached hydrogen (secondary N) is 1. The second-order valence-electron chi connectivity index (χ2n) is 5.64. The first-order valence-electron chi connectivity index (χ1n) is 8.13. The molecule has 0 atom stereocenters. The number of pyridine rings is 1. The number of halogens is 1. The second-order valence-corrected chi connectivity index (χ2v) is 6.69. The molecule has 1 aromatic heterocycles. The van der Waals surface area contributed by atoms with Gasteiger partial charge in [0.25, 0.3) is 0 Å². The number of aromatic nitrogens is 1. The van der Waals surface area contributed by atoms with Gasteiger partial charge in [-0.3, -0.25) is 4.79 Å². The standard InChI is InChI=1S/C18H20FN3O2S/c19-15-2-4-16(5-3-15)25-13-18(23)21-12-14-1-6-17(20-11-14)22-7-9-24-10-8-22/h1-6,11H,7-10,12-13H2,(H,21,23). The Bertz CT molecular complexity index is 688. The third-order valence-electron chi connectivity index (χ3n) is 3.82. The number of rotatable bonds is 6. The molecule has 7 heteroatoms. The van der Waals surface area contributed by atoms with Crippen LogP contribution < -0.4 is 10.2 Å². The highest BCUT2D eigenvalue weighted by atomic mass is 32.2. The van der Waals surface area contributed by atoms with Crippen molar-refractivity contribution in [3.05, 3.63) is 54.0 Å². The normalized spacial score (nSPS) is 14.4. The molecule has 0 saturated carbocycles. The number of thioether (sulfide) groups is 1. The lowest BCUT2D eigenvalue weighted by Crippen LogP contribution is -2.36. The first-order chi connectivity index (χ1) is 12.2. The minimum atomic E-state index is -0.276. The van der Waals surface area contributed by atoms with Crippen LogP contribution in [0.1, 0.15) is 5.56 Å². The van der Waals surface area contributed by atoms with E-state index in [2.05, 4.69) is 15.2 Å². The van der Waals surface area contributed by atoms with Crippen molar-refractivity contribution in [2.75, 3.05) is 37.0 Å². The van der Waals surface area contributed by atoms with Crippen LogP contribution in [0.5, 0.6) is 0 Å². The maximum atomic E-state index is 12.8. The number of benzene rings is 1. The van der Waals surface area contributed by atoms with Crippen LogP contribution >= 0.6 is 11.8 Å². The van der Waals surface area contributed by atoms with E-state index in [9.17, 15) is 9.18 Å². The molecule has 0 aliphatic carbocycles. The zero-order chi connectivity index (χ0) is 17.5. The lowest BCUT2D eigenvalue weighted by molar-refractivity contribution is -0.118. The van der Waals surface area contributed by atoms with Gasteiger partial charge < -0.3 is 15.0 Å². The van der Waals surface area contributed by atoms with Crippen molar-refractivity contribution in [1.29, 1.82) is 0 Å². The highest BCUT2D eigenvalue weighted by Crippen LogP contribution is 2.17. The van der Waals surface area contributed by atoms with E-state index in [0.29, 0.717) is 12.3 Å². The number of hydrogen-bond acceptors (Lipinski definition) is 5. The van der Waals surface area contributed by atoms with Crippen LogP contribution in [0.3, 0.4) is 0 Å². The van der Waals surface area contributed by atoms with Crippen LogP contribution in [0, 0.1) is 5.82 Å². The molecule has 1 saturated heterocycles. The summed E-state index contributed by atoms with van der Waals surface area (Å²) >= 11 is 1.38. The monoisotopic (exact) mass is 361 g/mol. The quantitative estimate of drug-likeness (QED) is 0.801. The molecule has 0 bridgehead atoms. The Morgan fingerprint density at radius 1 is 1.20 bits per heavy atom. The highest BCUT2D eigenvalue weighted by molar-refractivity contribution is 8.00. The zero-order valence-electron chi connectivity index (χ0n) is 13.8. The number of amides is 1. The van der Waals surface area contributed by atoms with Gasteiger partial charge in [0.1, 0.15) is 11.6 Å². The molecule has 1 aromatic carbocycles. The van der Waals surface area contributed by atoms with Crippen LogP contribution in [0.4, 0.5) is 10.2 Å². The molecule has 5 nitrogen and oxygen atoms in total. The van der Waals surface area contributed by atoms with E-state index in [1.807, 2.05) is 12.1 Å². The second kappa shape index (κ2) is 8.82. The summed E-state index contributed by atoms with van der Waals surface area (Å²) in [5, 5.41) is 2.87. The predicted octanol–water partition coefficient (Wildman–Crippen LogP) is 2.47. The van der Waals surface area contributed by atoms with E-state index in [0.717, 1.165) is 42.6 Å². The maximum Gasteiger partial charge on any atom is 0.230 e. The Hall–Kier alpha value is -2.12. The molecule has 2 heterocycles. The lowest BCUT2D eigenvalue weighted by atomic mass is 10.2. The zero-order valence-corrected chi connectivity index (χ0v) is 14.6. The van der Waals surface area contributed by atoms with Gasteiger partial charge in [0.2, 0.25) is 5.91 Å². The molecule has 0 spiro atoms. The number of morpholine rings is 1. The van der Waals surface area contributed by atoms with Crippen molar-refractivity contribution >= 4 is 23.5 Å². The van der Waals surface area contributed by atoms with Gasteiger partial charge in [0.05, 0.1) is 19.0 Å². The Labute approximate surface area is 150 Å². The van der Waals surface area contributed by atoms with E-state index < -0.39 is 0 Å². The molecule has 3 rings (SSSR count). The summed E-state index contributed by atoms with van der Waals surface area (Å²) in [6, 6.07) is 10.1. The van der Waals surface area contributed by atoms with Crippen LogP contribution in [-0.2, 0) is 16.1 Å². The highest BCUT2D eigenvalue weighted by Gasteiger charge is 2.12. The summed E-state index contributed by atoms with van der Waals surface area (Å²) in [5.74, 6) is 0.893. The van der Waals surface area contributed by atoms with Crippen LogP contribution in [-0.4, -0.2) is 42.9 Å². The predicted molar refractivity (Wildman–Crippen MR) is 96.2 cm³/mol. The van der Waals surface area contributed by atoms with Gasteiger partial charge in [-0.1, -0.05) is 6.07 Å². The van der Waals surface area contributed by atoms with Crippen molar-refractivity contribution in [2.24, 2.45) is 0 Å². The number of ether oxygens (including phenoxy) is 1. The van der Waals surface area contributed by atoms with Gasteiger partial charge in [-0.15, -0.1) is 11.8 Å². The molecule has 2 aromatic rings. The third-order valence-corrected chi connectivity index (χ3v) is 4.83. The SMILES string of the molecule is O=C(CSc1ccc(F)cc1)NCc1ccc(N2CCOCC2)nc1.